The van der Waals surface area contributed by atoms with Crippen molar-refractivity contribution in [2.45, 2.75) is 71.0 Å². The Kier molecular flexibility index (Phi) is 5.62. The van der Waals surface area contributed by atoms with Crippen LogP contribution in [0.1, 0.15) is 59.3 Å². The second-order valence-electron chi connectivity index (χ2n) is 5.24. The highest BCUT2D eigenvalue weighted by atomic mass is 79.9. The fraction of sp³-hybridized carbons (Fsp3) is 1.00. The number of ether oxygens (including phenoxy) is 1. The number of hydrogen-bond acceptors (Lipinski definition) is 1. The van der Waals surface area contributed by atoms with Crippen molar-refractivity contribution in [3.8, 4) is 0 Å². The van der Waals surface area contributed by atoms with Crippen molar-refractivity contribution in [2.75, 3.05) is 5.33 Å². The van der Waals surface area contributed by atoms with Gasteiger partial charge < -0.3 is 4.74 Å². The van der Waals surface area contributed by atoms with Gasteiger partial charge in [-0.2, -0.15) is 0 Å². The molecule has 1 fully saturated rings. The number of halogens is 1. The molecule has 1 saturated carbocycles. The molecule has 15 heavy (non-hydrogen) atoms. The van der Waals surface area contributed by atoms with Gasteiger partial charge >= 0.3 is 0 Å². The third kappa shape index (κ3) is 4.07. The summed E-state index contributed by atoms with van der Waals surface area (Å²) in [5.41, 5.74) is 0.131. The van der Waals surface area contributed by atoms with Crippen molar-refractivity contribution in [1.82, 2.24) is 0 Å². The monoisotopic (exact) mass is 276 g/mol. The van der Waals surface area contributed by atoms with E-state index in [-0.39, 0.29) is 5.60 Å². The first-order valence-corrected chi connectivity index (χ1v) is 7.48. The highest BCUT2D eigenvalue weighted by Gasteiger charge is 2.36. The second-order valence-corrected chi connectivity index (χ2v) is 5.80. The zero-order valence-electron chi connectivity index (χ0n) is 10.4. The zero-order chi connectivity index (χ0) is 11.3. The van der Waals surface area contributed by atoms with Crippen molar-refractivity contribution >= 4 is 15.9 Å². The third-order valence-electron chi connectivity index (χ3n) is 3.44. The van der Waals surface area contributed by atoms with Crippen LogP contribution in [0.4, 0.5) is 0 Å². The number of hydrogen-bond donors (Lipinski definition) is 0. The minimum atomic E-state index is 0.131. The molecular weight excluding hydrogens is 252 g/mol. The smallest absolute Gasteiger partial charge is 0.0785 e. The molecule has 2 heteroatoms. The van der Waals surface area contributed by atoms with Gasteiger partial charge in [0.05, 0.1) is 11.7 Å². The molecule has 0 spiro atoms. The average molecular weight is 277 g/mol. The first-order chi connectivity index (χ1) is 7.12. The van der Waals surface area contributed by atoms with Crippen LogP contribution in [-0.4, -0.2) is 17.0 Å². The summed E-state index contributed by atoms with van der Waals surface area (Å²) in [5.74, 6) is 0.824. The Labute approximate surface area is 103 Å². The van der Waals surface area contributed by atoms with E-state index in [0.717, 1.165) is 11.2 Å². The summed E-state index contributed by atoms with van der Waals surface area (Å²) >= 11 is 3.65. The van der Waals surface area contributed by atoms with Crippen LogP contribution in [0.25, 0.3) is 0 Å². The molecule has 1 rings (SSSR count). The van der Waals surface area contributed by atoms with Gasteiger partial charge in [0.15, 0.2) is 0 Å². The van der Waals surface area contributed by atoms with Gasteiger partial charge in [0.25, 0.3) is 0 Å². The van der Waals surface area contributed by atoms with E-state index in [9.17, 15) is 0 Å². The summed E-state index contributed by atoms with van der Waals surface area (Å²) in [6, 6.07) is 0. The van der Waals surface area contributed by atoms with Crippen LogP contribution in [-0.2, 0) is 4.74 Å². The van der Waals surface area contributed by atoms with E-state index in [1.54, 1.807) is 0 Å². The molecule has 1 aliphatic rings. The molecule has 0 aromatic heterocycles. The van der Waals surface area contributed by atoms with Gasteiger partial charge in [-0.3, -0.25) is 0 Å². The van der Waals surface area contributed by atoms with E-state index in [2.05, 4.69) is 36.7 Å². The topological polar surface area (TPSA) is 9.23 Å². The molecule has 90 valence electrons. The normalized spacial score (nSPS) is 34.0. The van der Waals surface area contributed by atoms with Crippen LogP contribution < -0.4 is 0 Å². The Morgan fingerprint density at radius 1 is 1.53 bits per heavy atom. The second kappa shape index (κ2) is 6.24. The first-order valence-electron chi connectivity index (χ1n) is 6.35. The zero-order valence-corrected chi connectivity index (χ0v) is 12.0. The minimum absolute atomic E-state index is 0.131. The molecular formula is C13H25BrO. The summed E-state index contributed by atoms with van der Waals surface area (Å²) in [4.78, 5) is 0. The Morgan fingerprint density at radius 2 is 2.27 bits per heavy atom. The summed E-state index contributed by atoms with van der Waals surface area (Å²) in [6.45, 7) is 6.79. The van der Waals surface area contributed by atoms with Crippen LogP contribution in [0.3, 0.4) is 0 Å². The maximum atomic E-state index is 6.29. The van der Waals surface area contributed by atoms with Gasteiger partial charge in [0.2, 0.25) is 0 Å². The number of alkyl halides is 1. The number of rotatable bonds is 5. The van der Waals surface area contributed by atoms with E-state index in [1.807, 2.05) is 0 Å². The molecule has 0 N–H and O–H groups in total. The maximum absolute atomic E-state index is 6.29. The van der Waals surface area contributed by atoms with E-state index < -0.39 is 0 Å². The molecule has 1 aliphatic carbocycles. The van der Waals surface area contributed by atoms with Crippen LogP contribution in [0.2, 0.25) is 0 Å². The molecule has 1 nitrogen and oxygen atoms in total. The van der Waals surface area contributed by atoms with Gasteiger partial charge in [-0.05, 0) is 32.1 Å². The van der Waals surface area contributed by atoms with Crippen molar-refractivity contribution in [1.29, 1.82) is 0 Å². The van der Waals surface area contributed by atoms with Crippen LogP contribution in [0.15, 0.2) is 0 Å². The van der Waals surface area contributed by atoms with Crippen molar-refractivity contribution in [3.63, 3.8) is 0 Å². The lowest BCUT2D eigenvalue weighted by Gasteiger charge is -2.40. The fourth-order valence-corrected chi connectivity index (χ4v) is 3.41. The molecule has 3 unspecified atom stereocenters. The van der Waals surface area contributed by atoms with Crippen molar-refractivity contribution in [3.05, 3.63) is 0 Å². The van der Waals surface area contributed by atoms with E-state index in [0.29, 0.717) is 6.10 Å². The van der Waals surface area contributed by atoms with Crippen LogP contribution in [0.5, 0.6) is 0 Å². The lowest BCUT2D eigenvalue weighted by molar-refractivity contribution is -0.102. The largest absolute Gasteiger partial charge is 0.371 e. The summed E-state index contributed by atoms with van der Waals surface area (Å²) in [5, 5.41) is 0.998. The lowest BCUT2D eigenvalue weighted by atomic mass is 9.80. The Morgan fingerprint density at radius 3 is 2.80 bits per heavy atom. The summed E-state index contributed by atoms with van der Waals surface area (Å²) < 4.78 is 6.29. The molecule has 0 radical (unpaired) electrons. The summed E-state index contributed by atoms with van der Waals surface area (Å²) in [6.07, 6.45) is 7.98. The molecule has 0 aliphatic heterocycles. The minimum Gasteiger partial charge on any atom is -0.371 e. The van der Waals surface area contributed by atoms with E-state index in [1.165, 1.54) is 38.5 Å². The Bertz CT molecular complexity index is 183. The SMILES string of the molecule is CCCC(C)OC1(CBr)CCCC(C)C1. The fourth-order valence-electron chi connectivity index (χ4n) is 2.76. The van der Waals surface area contributed by atoms with Gasteiger partial charge in [-0.25, -0.2) is 0 Å². The van der Waals surface area contributed by atoms with Gasteiger partial charge in [-0.1, -0.05) is 49.0 Å². The van der Waals surface area contributed by atoms with Crippen LogP contribution >= 0.6 is 15.9 Å². The molecule has 0 aromatic rings. The Balaban J connectivity index is 2.51. The van der Waals surface area contributed by atoms with E-state index in [4.69, 9.17) is 4.74 Å². The first kappa shape index (κ1) is 13.5. The molecule has 3 atom stereocenters. The predicted molar refractivity (Wildman–Crippen MR) is 69.6 cm³/mol. The molecule has 0 saturated heterocycles. The summed E-state index contributed by atoms with van der Waals surface area (Å²) in [7, 11) is 0. The Hall–Kier alpha value is 0.440. The van der Waals surface area contributed by atoms with Gasteiger partial charge in [-0.15, -0.1) is 0 Å². The van der Waals surface area contributed by atoms with E-state index >= 15 is 0 Å². The third-order valence-corrected chi connectivity index (χ3v) is 4.46. The maximum Gasteiger partial charge on any atom is 0.0785 e. The molecule has 0 heterocycles. The van der Waals surface area contributed by atoms with Crippen molar-refractivity contribution in [2.24, 2.45) is 5.92 Å². The van der Waals surface area contributed by atoms with Gasteiger partial charge in [0, 0.05) is 5.33 Å². The lowest BCUT2D eigenvalue weighted by Crippen LogP contribution is -2.41. The predicted octanol–water partition coefficient (Wildman–Crippen LogP) is 4.54. The average Bonchev–Trinajstić information content (AvgIpc) is 2.18. The highest BCUT2D eigenvalue weighted by molar-refractivity contribution is 9.09. The standard InChI is InChI=1S/C13H25BrO/c1-4-6-12(3)15-13(10-14)8-5-7-11(2)9-13/h11-12H,4-10H2,1-3H3. The van der Waals surface area contributed by atoms with Gasteiger partial charge in [0.1, 0.15) is 0 Å². The molecule has 0 aromatic carbocycles. The molecule has 0 bridgehead atoms. The van der Waals surface area contributed by atoms with Crippen molar-refractivity contribution < 1.29 is 4.74 Å². The quantitative estimate of drug-likeness (QED) is 0.670. The van der Waals surface area contributed by atoms with Crippen LogP contribution in [0, 0.1) is 5.92 Å². The highest BCUT2D eigenvalue weighted by Crippen LogP contribution is 2.37. The molecule has 0 amide bonds.